The third-order valence-electron chi connectivity index (χ3n) is 4.45. The number of hydrogen-bond donors (Lipinski definition) is 1. The summed E-state index contributed by atoms with van der Waals surface area (Å²) in [6, 6.07) is 17.6. The first kappa shape index (κ1) is 17.0. The van der Waals surface area contributed by atoms with Crippen molar-refractivity contribution in [3.8, 4) is 0 Å². The van der Waals surface area contributed by atoms with Crippen LogP contribution in [0.1, 0.15) is 24.2 Å². The van der Waals surface area contributed by atoms with Gasteiger partial charge < -0.3 is 15.1 Å². The predicted molar refractivity (Wildman–Crippen MR) is 99.9 cm³/mol. The Labute approximate surface area is 148 Å². The van der Waals surface area contributed by atoms with Crippen LogP contribution < -0.4 is 10.2 Å². The summed E-state index contributed by atoms with van der Waals surface area (Å²) in [5.74, 6) is -0.0844. The molecule has 0 aromatic heterocycles. The molecular weight excluding hydrogens is 314 g/mol. The summed E-state index contributed by atoms with van der Waals surface area (Å²) in [5.41, 5.74) is 2.54. The number of hydrogen-bond acceptors (Lipinski definition) is 3. The van der Waals surface area contributed by atoms with Crippen LogP contribution in [0.5, 0.6) is 0 Å². The number of nitrogens with one attached hydrogen (secondary N) is 1. The Morgan fingerprint density at radius 2 is 1.68 bits per heavy atom. The Morgan fingerprint density at radius 3 is 2.28 bits per heavy atom. The van der Waals surface area contributed by atoms with Crippen molar-refractivity contribution in [3.63, 3.8) is 0 Å². The number of carbonyl (C=O) groups is 2. The molecule has 1 atom stereocenters. The molecule has 1 unspecified atom stereocenters. The normalized spacial score (nSPS) is 17.3. The van der Waals surface area contributed by atoms with Gasteiger partial charge in [0.1, 0.15) is 0 Å². The number of nitrogens with zero attached hydrogens (tertiary/aromatic N) is 2. The first-order valence-electron chi connectivity index (χ1n) is 8.53. The van der Waals surface area contributed by atoms with E-state index in [1.807, 2.05) is 23.1 Å². The molecule has 3 rings (SSSR count). The molecule has 0 radical (unpaired) electrons. The molecule has 1 N–H and O–H groups in total. The van der Waals surface area contributed by atoms with Crippen LogP contribution >= 0.6 is 0 Å². The molecule has 0 spiro atoms. The molecule has 1 aliphatic rings. The zero-order valence-corrected chi connectivity index (χ0v) is 14.6. The quantitative estimate of drug-likeness (QED) is 0.937. The van der Waals surface area contributed by atoms with Crippen molar-refractivity contribution >= 4 is 23.2 Å². The Balaban J connectivity index is 1.65. The van der Waals surface area contributed by atoms with Gasteiger partial charge in [-0.15, -0.1) is 0 Å². The summed E-state index contributed by atoms with van der Waals surface area (Å²) >= 11 is 0. The molecule has 0 saturated carbocycles. The van der Waals surface area contributed by atoms with Gasteiger partial charge in [0.25, 0.3) is 5.91 Å². The van der Waals surface area contributed by atoms with E-state index in [1.165, 1.54) is 12.6 Å². The molecule has 1 heterocycles. The van der Waals surface area contributed by atoms with Gasteiger partial charge in [0.15, 0.2) is 0 Å². The highest BCUT2D eigenvalue weighted by Crippen LogP contribution is 2.21. The molecule has 5 heteroatoms. The maximum atomic E-state index is 12.7. The fraction of sp³-hybridized carbons (Fsp3) is 0.300. The average Bonchev–Trinajstić information content (AvgIpc) is 2.62. The Hall–Kier alpha value is -2.82. The van der Waals surface area contributed by atoms with Crippen molar-refractivity contribution in [2.45, 2.75) is 19.9 Å². The molecular formula is C20H23N3O2. The van der Waals surface area contributed by atoms with Crippen LogP contribution in [0, 0.1) is 0 Å². The molecule has 1 aliphatic heterocycles. The minimum Gasteiger partial charge on any atom is -0.365 e. The largest absolute Gasteiger partial charge is 0.365 e. The maximum Gasteiger partial charge on any atom is 0.253 e. The minimum atomic E-state index is -0.120. The van der Waals surface area contributed by atoms with Gasteiger partial charge in [0.05, 0.1) is 0 Å². The molecule has 25 heavy (non-hydrogen) atoms. The Kier molecular flexibility index (Phi) is 5.03. The van der Waals surface area contributed by atoms with Gasteiger partial charge in [-0.05, 0) is 43.3 Å². The molecule has 130 valence electrons. The monoisotopic (exact) mass is 337 g/mol. The van der Waals surface area contributed by atoms with Gasteiger partial charge in [-0.1, -0.05) is 18.2 Å². The van der Waals surface area contributed by atoms with Crippen molar-refractivity contribution in [2.75, 3.05) is 29.9 Å². The molecule has 2 amide bonds. The van der Waals surface area contributed by atoms with E-state index in [4.69, 9.17) is 0 Å². The summed E-state index contributed by atoms with van der Waals surface area (Å²) in [5, 5.41) is 2.71. The molecule has 0 bridgehead atoms. The fourth-order valence-electron chi connectivity index (χ4n) is 3.23. The minimum absolute atomic E-state index is 0.0361. The smallest absolute Gasteiger partial charge is 0.253 e. The van der Waals surface area contributed by atoms with Crippen molar-refractivity contribution in [1.82, 2.24) is 4.90 Å². The van der Waals surface area contributed by atoms with Crippen LogP contribution in [-0.4, -0.2) is 42.4 Å². The first-order valence-corrected chi connectivity index (χ1v) is 8.53. The van der Waals surface area contributed by atoms with Crippen molar-refractivity contribution in [1.29, 1.82) is 0 Å². The first-order chi connectivity index (χ1) is 12.0. The summed E-state index contributed by atoms with van der Waals surface area (Å²) < 4.78 is 0. The van der Waals surface area contributed by atoms with Gasteiger partial charge in [-0.3, -0.25) is 9.59 Å². The second-order valence-corrected chi connectivity index (χ2v) is 6.39. The van der Waals surface area contributed by atoms with Crippen LogP contribution in [0.4, 0.5) is 11.4 Å². The second kappa shape index (κ2) is 7.38. The predicted octanol–water partition coefficient (Wildman–Crippen LogP) is 3.00. The highest BCUT2D eigenvalue weighted by Gasteiger charge is 2.27. The molecule has 0 aliphatic carbocycles. The number of rotatable bonds is 3. The van der Waals surface area contributed by atoms with Gasteiger partial charge in [-0.25, -0.2) is 0 Å². The fourth-order valence-corrected chi connectivity index (χ4v) is 3.23. The van der Waals surface area contributed by atoms with Crippen molar-refractivity contribution in [2.24, 2.45) is 0 Å². The highest BCUT2D eigenvalue weighted by molar-refractivity contribution is 5.95. The lowest BCUT2D eigenvalue weighted by molar-refractivity contribution is -0.114. The van der Waals surface area contributed by atoms with E-state index in [1.54, 1.807) is 24.3 Å². The molecule has 5 nitrogen and oxygen atoms in total. The second-order valence-electron chi connectivity index (χ2n) is 6.39. The van der Waals surface area contributed by atoms with E-state index in [2.05, 4.69) is 29.3 Å². The van der Waals surface area contributed by atoms with Crippen LogP contribution in [0.3, 0.4) is 0 Å². The van der Waals surface area contributed by atoms with E-state index in [9.17, 15) is 9.59 Å². The maximum absolute atomic E-state index is 12.7. The summed E-state index contributed by atoms with van der Waals surface area (Å²) in [6.07, 6.45) is 0. The summed E-state index contributed by atoms with van der Waals surface area (Å²) in [4.78, 5) is 28.1. The summed E-state index contributed by atoms with van der Waals surface area (Å²) in [7, 11) is 0. The number of carbonyl (C=O) groups excluding carboxylic acids is 2. The SMILES string of the molecule is CC(=O)Nc1ccc(C(=O)N2CCN(c3ccccc3)C(C)C2)cc1. The van der Waals surface area contributed by atoms with Crippen LogP contribution in [-0.2, 0) is 4.79 Å². The van der Waals surface area contributed by atoms with Crippen LogP contribution in [0.2, 0.25) is 0 Å². The molecule has 2 aromatic carbocycles. The lowest BCUT2D eigenvalue weighted by atomic mass is 10.1. The van der Waals surface area contributed by atoms with Gasteiger partial charge >= 0.3 is 0 Å². The number of benzene rings is 2. The lowest BCUT2D eigenvalue weighted by Crippen LogP contribution is -2.53. The Bertz CT molecular complexity index is 743. The zero-order chi connectivity index (χ0) is 17.8. The van der Waals surface area contributed by atoms with E-state index >= 15 is 0 Å². The number of piperazine rings is 1. The van der Waals surface area contributed by atoms with Gasteiger partial charge in [0, 0.05) is 49.5 Å². The summed E-state index contributed by atoms with van der Waals surface area (Å²) in [6.45, 7) is 5.83. The number of amides is 2. The molecule has 1 fully saturated rings. The zero-order valence-electron chi connectivity index (χ0n) is 14.6. The number of anilines is 2. The van der Waals surface area contributed by atoms with Crippen molar-refractivity contribution < 1.29 is 9.59 Å². The standard InChI is InChI=1S/C20H23N3O2/c1-15-14-22(12-13-23(15)19-6-4-3-5-7-19)20(25)17-8-10-18(11-9-17)21-16(2)24/h3-11,15H,12-14H2,1-2H3,(H,21,24). The third kappa shape index (κ3) is 3.99. The van der Waals surface area contributed by atoms with Crippen molar-refractivity contribution in [3.05, 3.63) is 60.2 Å². The van der Waals surface area contributed by atoms with E-state index in [-0.39, 0.29) is 17.9 Å². The molecule has 2 aromatic rings. The average molecular weight is 337 g/mol. The lowest BCUT2D eigenvalue weighted by Gasteiger charge is -2.41. The van der Waals surface area contributed by atoms with Gasteiger partial charge in [-0.2, -0.15) is 0 Å². The van der Waals surface area contributed by atoms with E-state index in [0.717, 1.165) is 6.54 Å². The highest BCUT2D eigenvalue weighted by atomic mass is 16.2. The Morgan fingerprint density at radius 1 is 1.00 bits per heavy atom. The van der Waals surface area contributed by atoms with E-state index < -0.39 is 0 Å². The topological polar surface area (TPSA) is 52.7 Å². The van der Waals surface area contributed by atoms with Gasteiger partial charge in [0.2, 0.25) is 5.91 Å². The number of para-hydroxylation sites is 1. The van der Waals surface area contributed by atoms with E-state index in [0.29, 0.717) is 24.3 Å². The van der Waals surface area contributed by atoms with Crippen LogP contribution in [0.25, 0.3) is 0 Å². The molecule has 1 saturated heterocycles. The van der Waals surface area contributed by atoms with Crippen LogP contribution in [0.15, 0.2) is 54.6 Å². The third-order valence-corrected chi connectivity index (χ3v) is 4.45.